The highest BCUT2D eigenvalue weighted by atomic mass is 32.1. The second-order valence-electron chi connectivity index (χ2n) is 5.43. The number of hydrogen-bond donors (Lipinski definition) is 2. The summed E-state index contributed by atoms with van der Waals surface area (Å²) in [5.74, 6) is 0.780. The van der Waals surface area contributed by atoms with Gasteiger partial charge in [0.15, 0.2) is 0 Å². The summed E-state index contributed by atoms with van der Waals surface area (Å²) in [7, 11) is 1.70. The monoisotopic (exact) mass is 256 g/mol. The third-order valence-electron chi connectivity index (χ3n) is 3.57. The first-order valence-corrected chi connectivity index (χ1v) is 6.82. The first-order chi connectivity index (χ1) is 8.04. The van der Waals surface area contributed by atoms with Gasteiger partial charge in [0.2, 0.25) is 11.8 Å². The Morgan fingerprint density at radius 3 is 2.53 bits per heavy atom. The first-order valence-electron chi connectivity index (χ1n) is 6.19. The standard InChI is InChI=1S/C12H20N2O2S/c1-14(7-10(15)13-9-2-3-9)11(16)6-12(8-17)4-5-12/h9,17H,2-8H2,1H3,(H,13,15). The Morgan fingerprint density at radius 2 is 2.06 bits per heavy atom. The molecule has 1 N–H and O–H groups in total. The fraction of sp³-hybridized carbons (Fsp3) is 0.833. The second kappa shape index (κ2) is 4.88. The Labute approximate surface area is 108 Å². The molecule has 0 unspecified atom stereocenters. The van der Waals surface area contributed by atoms with Crippen LogP contribution in [0.4, 0.5) is 0 Å². The zero-order valence-electron chi connectivity index (χ0n) is 10.2. The normalized spacial score (nSPS) is 20.8. The van der Waals surface area contributed by atoms with Crippen LogP contribution in [0.3, 0.4) is 0 Å². The SMILES string of the molecule is CN(CC(=O)NC1CC1)C(=O)CC1(CS)CC1. The van der Waals surface area contributed by atoms with E-state index < -0.39 is 0 Å². The van der Waals surface area contributed by atoms with Crippen molar-refractivity contribution in [3.05, 3.63) is 0 Å². The summed E-state index contributed by atoms with van der Waals surface area (Å²) < 4.78 is 0. The largest absolute Gasteiger partial charge is 0.352 e. The number of nitrogens with one attached hydrogen (secondary N) is 1. The van der Waals surface area contributed by atoms with Gasteiger partial charge in [0.05, 0.1) is 6.54 Å². The van der Waals surface area contributed by atoms with Gasteiger partial charge in [-0.3, -0.25) is 9.59 Å². The van der Waals surface area contributed by atoms with Crippen molar-refractivity contribution in [1.82, 2.24) is 10.2 Å². The molecule has 5 heteroatoms. The van der Waals surface area contributed by atoms with Crippen molar-refractivity contribution in [3.8, 4) is 0 Å². The Bertz CT molecular complexity index is 324. The van der Waals surface area contributed by atoms with Gasteiger partial charge in [-0.1, -0.05) is 0 Å². The predicted molar refractivity (Wildman–Crippen MR) is 68.9 cm³/mol. The number of rotatable bonds is 6. The van der Waals surface area contributed by atoms with E-state index in [0.29, 0.717) is 12.5 Å². The number of likely N-dealkylation sites (N-methyl/N-ethyl adjacent to an activating group) is 1. The molecule has 0 saturated heterocycles. The average Bonchev–Trinajstić information content (AvgIpc) is 3.15. The smallest absolute Gasteiger partial charge is 0.239 e. The van der Waals surface area contributed by atoms with Crippen LogP contribution in [-0.4, -0.2) is 42.1 Å². The van der Waals surface area contributed by atoms with Gasteiger partial charge in [-0.25, -0.2) is 0 Å². The van der Waals surface area contributed by atoms with Crippen LogP contribution in [0.15, 0.2) is 0 Å². The van der Waals surface area contributed by atoms with Crippen molar-refractivity contribution in [2.75, 3.05) is 19.3 Å². The molecule has 2 aliphatic carbocycles. The molecule has 17 heavy (non-hydrogen) atoms. The van der Waals surface area contributed by atoms with Crippen molar-refractivity contribution in [2.24, 2.45) is 5.41 Å². The van der Waals surface area contributed by atoms with E-state index in [4.69, 9.17) is 0 Å². The molecule has 0 aromatic carbocycles. The molecule has 0 aliphatic heterocycles. The topological polar surface area (TPSA) is 49.4 Å². The highest BCUT2D eigenvalue weighted by molar-refractivity contribution is 7.80. The van der Waals surface area contributed by atoms with Crippen LogP contribution in [0.25, 0.3) is 0 Å². The molecule has 96 valence electrons. The Kier molecular flexibility index (Phi) is 3.66. The molecule has 0 atom stereocenters. The molecule has 0 bridgehead atoms. The first kappa shape index (κ1) is 12.7. The lowest BCUT2D eigenvalue weighted by Gasteiger charge is -2.19. The highest BCUT2D eigenvalue weighted by Gasteiger charge is 2.43. The van der Waals surface area contributed by atoms with Gasteiger partial charge < -0.3 is 10.2 Å². The molecule has 0 aromatic heterocycles. The van der Waals surface area contributed by atoms with Gasteiger partial charge in [-0.2, -0.15) is 12.6 Å². The van der Waals surface area contributed by atoms with Crippen LogP contribution >= 0.6 is 12.6 Å². The summed E-state index contributed by atoms with van der Waals surface area (Å²) in [4.78, 5) is 25.0. The second-order valence-corrected chi connectivity index (χ2v) is 5.74. The Hall–Kier alpha value is -0.710. The van der Waals surface area contributed by atoms with Gasteiger partial charge in [0.1, 0.15) is 0 Å². The van der Waals surface area contributed by atoms with Crippen molar-refractivity contribution < 1.29 is 9.59 Å². The van der Waals surface area contributed by atoms with E-state index in [1.54, 1.807) is 7.05 Å². The number of thiol groups is 1. The maximum atomic E-state index is 11.9. The van der Waals surface area contributed by atoms with Crippen LogP contribution < -0.4 is 5.32 Å². The maximum absolute atomic E-state index is 11.9. The maximum Gasteiger partial charge on any atom is 0.239 e. The lowest BCUT2D eigenvalue weighted by Crippen LogP contribution is -2.39. The molecule has 2 rings (SSSR count). The van der Waals surface area contributed by atoms with Crippen molar-refractivity contribution in [3.63, 3.8) is 0 Å². The van der Waals surface area contributed by atoms with Crippen LogP contribution in [0.5, 0.6) is 0 Å². The fourth-order valence-electron chi connectivity index (χ4n) is 1.83. The molecule has 0 aromatic rings. The van der Waals surface area contributed by atoms with Crippen molar-refractivity contribution in [1.29, 1.82) is 0 Å². The van der Waals surface area contributed by atoms with E-state index in [2.05, 4.69) is 17.9 Å². The fourth-order valence-corrected chi connectivity index (χ4v) is 2.26. The molecule has 2 fully saturated rings. The van der Waals surface area contributed by atoms with Gasteiger partial charge in [0.25, 0.3) is 0 Å². The summed E-state index contributed by atoms with van der Waals surface area (Å²) in [5, 5.41) is 2.88. The van der Waals surface area contributed by atoms with Gasteiger partial charge >= 0.3 is 0 Å². The molecule has 0 radical (unpaired) electrons. The molecular weight excluding hydrogens is 236 g/mol. The summed E-state index contributed by atoms with van der Waals surface area (Å²) >= 11 is 4.28. The third-order valence-corrected chi connectivity index (χ3v) is 4.24. The number of amides is 2. The minimum absolute atomic E-state index is 0.0425. The van der Waals surface area contributed by atoms with Crippen LogP contribution in [-0.2, 0) is 9.59 Å². The van der Waals surface area contributed by atoms with Crippen molar-refractivity contribution >= 4 is 24.4 Å². The van der Waals surface area contributed by atoms with E-state index in [1.807, 2.05) is 0 Å². The third kappa shape index (κ3) is 3.63. The highest BCUT2D eigenvalue weighted by Crippen LogP contribution is 2.49. The minimum Gasteiger partial charge on any atom is -0.352 e. The Morgan fingerprint density at radius 1 is 1.41 bits per heavy atom. The lowest BCUT2D eigenvalue weighted by molar-refractivity contribution is -0.135. The van der Waals surface area contributed by atoms with E-state index >= 15 is 0 Å². The number of carbonyl (C=O) groups is 2. The van der Waals surface area contributed by atoms with Gasteiger partial charge in [0, 0.05) is 19.5 Å². The summed E-state index contributed by atoms with van der Waals surface area (Å²) in [6, 6.07) is 0.359. The predicted octanol–water partition coefficient (Wildman–Crippen LogP) is 0.823. The van der Waals surface area contributed by atoms with Crippen molar-refractivity contribution in [2.45, 2.75) is 38.1 Å². The molecule has 0 heterocycles. The van der Waals surface area contributed by atoms with E-state index in [1.165, 1.54) is 4.90 Å². The van der Waals surface area contributed by atoms with E-state index in [0.717, 1.165) is 31.4 Å². The lowest BCUT2D eigenvalue weighted by atomic mass is 10.0. The summed E-state index contributed by atoms with van der Waals surface area (Å²) in [5.41, 5.74) is 0.126. The van der Waals surface area contributed by atoms with Gasteiger partial charge in [-0.05, 0) is 36.9 Å². The number of hydrogen-bond acceptors (Lipinski definition) is 3. The molecule has 2 saturated carbocycles. The quantitative estimate of drug-likeness (QED) is 0.691. The Balaban J connectivity index is 1.72. The van der Waals surface area contributed by atoms with Crippen LogP contribution in [0.1, 0.15) is 32.1 Å². The van der Waals surface area contributed by atoms with Crippen LogP contribution in [0, 0.1) is 5.41 Å². The zero-order valence-corrected chi connectivity index (χ0v) is 11.1. The van der Waals surface area contributed by atoms with Gasteiger partial charge in [-0.15, -0.1) is 0 Å². The molecule has 2 aliphatic rings. The van der Waals surface area contributed by atoms with E-state index in [9.17, 15) is 9.59 Å². The number of nitrogens with zero attached hydrogens (tertiary/aromatic N) is 1. The molecule has 4 nitrogen and oxygen atoms in total. The summed E-state index contributed by atoms with van der Waals surface area (Å²) in [6.07, 6.45) is 4.86. The molecular formula is C12H20N2O2S. The number of carbonyl (C=O) groups excluding carboxylic acids is 2. The van der Waals surface area contributed by atoms with E-state index in [-0.39, 0.29) is 23.8 Å². The minimum atomic E-state index is -0.0425. The summed E-state index contributed by atoms with van der Waals surface area (Å²) in [6.45, 7) is 0.179. The van der Waals surface area contributed by atoms with Crippen LogP contribution in [0.2, 0.25) is 0 Å². The molecule has 2 amide bonds. The zero-order chi connectivity index (χ0) is 12.5. The average molecular weight is 256 g/mol. The molecule has 0 spiro atoms.